The molecule has 1 aliphatic rings. The molecular formula is C18H14FN3OS. The van der Waals surface area contributed by atoms with Crippen molar-refractivity contribution >= 4 is 34.6 Å². The molecule has 1 amide bonds. The number of carbonyl (C=O) groups excluding carboxylic acids is 1. The van der Waals surface area contributed by atoms with E-state index in [1.807, 2.05) is 6.07 Å². The van der Waals surface area contributed by atoms with E-state index in [0.29, 0.717) is 27.9 Å². The number of nitrogens with zero attached hydrogens (tertiary/aromatic N) is 3. The van der Waals surface area contributed by atoms with Crippen LogP contribution in [0.3, 0.4) is 0 Å². The van der Waals surface area contributed by atoms with E-state index in [4.69, 9.17) is 0 Å². The predicted molar refractivity (Wildman–Crippen MR) is 95.2 cm³/mol. The summed E-state index contributed by atoms with van der Waals surface area (Å²) in [6.45, 7) is 4.03. The minimum atomic E-state index is -0.341. The Morgan fingerprint density at radius 3 is 2.92 bits per heavy atom. The highest BCUT2D eigenvalue weighted by molar-refractivity contribution is 8.18. The molecule has 3 rings (SSSR count). The number of amidine groups is 1. The fourth-order valence-electron chi connectivity index (χ4n) is 2.16. The Hall–Kier alpha value is -2.73. The first-order chi connectivity index (χ1) is 11.7. The van der Waals surface area contributed by atoms with Gasteiger partial charge in [-0.2, -0.15) is 0 Å². The number of hydrogen-bond donors (Lipinski definition) is 0. The number of aromatic nitrogens is 1. The molecule has 1 aliphatic heterocycles. The van der Waals surface area contributed by atoms with Crippen LogP contribution in [0.4, 0.5) is 10.1 Å². The van der Waals surface area contributed by atoms with Gasteiger partial charge in [-0.25, -0.2) is 9.38 Å². The molecule has 2 heterocycles. The number of halogens is 1. The van der Waals surface area contributed by atoms with Gasteiger partial charge >= 0.3 is 0 Å². The topological polar surface area (TPSA) is 45.6 Å². The maximum atomic E-state index is 13.3. The van der Waals surface area contributed by atoms with Crippen LogP contribution in [-0.2, 0) is 4.79 Å². The molecule has 0 N–H and O–H groups in total. The molecule has 1 fully saturated rings. The molecule has 120 valence electrons. The Balaban J connectivity index is 1.95. The molecule has 2 aromatic rings. The van der Waals surface area contributed by atoms with E-state index < -0.39 is 0 Å². The van der Waals surface area contributed by atoms with Crippen molar-refractivity contribution in [2.75, 3.05) is 6.54 Å². The number of rotatable bonds is 4. The number of amides is 1. The third-order valence-electron chi connectivity index (χ3n) is 3.22. The van der Waals surface area contributed by atoms with Gasteiger partial charge in [0.05, 0.1) is 16.8 Å². The van der Waals surface area contributed by atoms with E-state index in [1.54, 1.807) is 42.7 Å². The zero-order valence-electron chi connectivity index (χ0n) is 12.7. The molecule has 0 saturated carbocycles. The molecule has 1 aromatic heterocycles. The number of aliphatic imine (C=N–C) groups is 1. The van der Waals surface area contributed by atoms with E-state index in [1.165, 1.54) is 28.8 Å². The zero-order valence-corrected chi connectivity index (χ0v) is 13.5. The van der Waals surface area contributed by atoms with Gasteiger partial charge < -0.3 is 0 Å². The molecule has 1 saturated heterocycles. The molecule has 6 heteroatoms. The van der Waals surface area contributed by atoms with Crippen molar-refractivity contribution in [3.05, 3.63) is 77.7 Å². The maximum absolute atomic E-state index is 13.3. The van der Waals surface area contributed by atoms with Gasteiger partial charge in [0.15, 0.2) is 5.17 Å². The fourth-order valence-corrected chi connectivity index (χ4v) is 3.17. The number of carbonyl (C=O) groups is 1. The second kappa shape index (κ2) is 7.23. The highest BCUT2D eigenvalue weighted by Gasteiger charge is 2.32. The monoisotopic (exact) mass is 339 g/mol. The molecule has 0 unspecified atom stereocenters. The second-order valence-electron chi connectivity index (χ2n) is 4.98. The lowest BCUT2D eigenvalue weighted by Gasteiger charge is -2.12. The summed E-state index contributed by atoms with van der Waals surface area (Å²) >= 11 is 1.25. The van der Waals surface area contributed by atoms with E-state index in [0.717, 1.165) is 0 Å². The smallest absolute Gasteiger partial charge is 0.267 e. The molecule has 1 aromatic carbocycles. The highest BCUT2D eigenvalue weighted by Crippen LogP contribution is 2.33. The van der Waals surface area contributed by atoms with Crippen LogP contribution in [0.1, 0.15) is 5.56 Å². The third-order valence-corrected chi connectivity index (χ3v) is 4.22. The Morgan fingerprint density at radius 1 is 1.33 bits per heavy atom. The Labute approximate surface area is 143 Å². The largest absolute Gasteiger partial charge is 0.283 e. The summed E-state index contributed by atoms with van der Waals surface area (Å²) in [6, 6.07) is 9.70. The minimum absolute atomic E-state index is 0.174. The second-order valence-corrected chi connectivity index (χ2v) is 5.98. The lowest BCUT2D eigenvalue weighted by atomic mass is 10.2. The van der Waals surface area contributed by atoms with Crippen LogP contribution in [0, 0.1) is 5.82 Å². The molecule has 0 aliphatic carbocycles. The number of thioether (sulfide) groups is 1. The summed E-state index contributed by atoms with van der Waals surface area (Å²) in [5, 5.41) is 0.551. The van der Waals surface area contributed by atoms with E-state index in [-0.39, 0.29) is 11.7 Å². The summed E-state index contributed by atoms with van der Waals surface area (Å²) < 4.78 is 13.3. The maximum Gasteiger partial charge on any atom is 0.267 e. The van der Waals surface area contributed by atoms with Crippen LogP contribution in [-0.4, -0.2) is 27.5 Å². The average molecular weight is 339 g/mol. The number of hydrogen-bond acceptors (Lipinski definition) is 4. The summed E-state index contributed by atoms with van der Waals surface area (Å²) in [4.78, 5) is 23.1. The lowest BCUT2D eigenvalue weighted by molar-refractivity contribution is -0.121. The SMILES string of the molecule is C=CCN1C(=O)/C(=C/c2cccc(F)c2)SC1=Nc1cccnc1. The summed E-state index contributed by atoms with van der Waals surface area (Å²) in [5.74, 6) is -0.515. The average Bonchev–Trinajstić information content (AvgIpc) is 2.85. The molecule has 24 heavy (non-hydrogen) atoms. The Kier molecular flexibility index (Phi) is 4.86. The molecule has 0 radical (unpaired) electrons. The van der Waals surface area contributed by atoms with E-state index in [9.17, 15) is 9.18 Å². The quantitative estimate of drug-likeness (QED) is 0.624. The Morgan fingerprint density at radius 2 is 2.21 bits per heavy atom. The highest BCUT2D eigenvalue weighted by atomic mass is 32.2. The van der Waals surface area contributed by atoms with Crippen LogP contribution in [0.25, 0.3) is 6.08 Å². The van der Waals surface area contributed by atoms with Crippen molar-refractivity contribution in [2.45, 2.75) is 0 Å². The first-order valence-electron chi connectivity index (χ1n) is 7.24. The van der Waals surface area contributed by atoms with Crippen LogP contribution >= 0.6 is 11.8 Å². The number of benzene rings is 1. The van der Waals surface area contributed by atoms with E-state index >= 15 is 0 Å². The van der Waals surface area contributed by atoms with Crippen molar-refractivity contribution < 1.29 is 9.18 Å². The molecule has 0 atom stereocenters. The van der Waals surface area contributed by atoms with Gasteiger partial charge in [0.25, 0.3) is 5.91 Å². The van der Waals surface area contributed by atoms with Gasteiger partial charge in [-0.15, -0.1) is 6.58 Å². The van der Waals surface area contributed by atoms with Crippen LogP contribution in [0.15, 0.2) is 71.3 Å². The van der Waals surface area contributed by atoms with E-state index in [2.05, 4.69) is 16.6 Å². The lowest BCUT2D eigenvalue weighted by Crippen LogP contribution is -2.29. The summed E-state index contributed by atoms with van der Waals surface area (Å²) in [6.07, 6.45) is 6.59. The summed E-state index contributed by atoms with van der Waals surface area (Å²) in [5.41, 5.74) is 1.29. The van der Waals surface area contributed by atoms with Gasteiger partial charge in [0.1, 0.15) is 5.82 Å². The predicted octanol–water partition coefficient (Wildman–Crippen LogP) is 4.01. The molecular weight excluding hydrogens is 325 g/mol. The van der Waals surface area contributed by atoms with Crippen LogP contribution < -0.4 is 0 Å². The van der Waals surface area contributed by atoms with Crippen molar-refractivity contribution in [3.63, 3.8) is 0 Å². The number of pyridine rings is 1. The van der Waals surface area contributed by atoms with Crippen molar-refractivity contribution in [2.24, 2.45) is 4.99 Å². The first-order valence-corrected chi connectivity index (χ1v) is 8.05. The van der Waals surface area contributed by atoms with Gasteiger partial charge in [-0.3, -0.25) is 14.7 Å². The first kappa shape index (κ1) is 16.1. The van der Waals surface area contributed by atoms with Gasteiger partial charge in [-0.1, -0.05) is 18.2 Å². The fraction of sp³-hybridized carbons (Fsp3) is 0.0556. The van der Waals surface area contributed by atoms with Crippen LogP contribution in [0.5, 0.6) is 0 Å². The van der Waals surface area contributed by atoms with Gasteiger partial charge in [-0.05, 0) is 47.7 Å². The zero-order chi connectivity index (χ0) is 16.9. The molecule has 0 spiro atoms. The standard InChI is InChI=1S/C18H14FN3OS/c1-2-9-22-17(23)16(11-13-5-3-6-14(19)10-13)24-18(22)21-15-7-4-8-20-12-15/h2-8,10-12H,1,9H2/b16-11-,21-18?. The summed E-state index contributed by atoms with van der Waals surface area (Å²) in [7, 11) is 0. The minimum Gasteiger partial charge on any atom is -0.283 e. The Bertz CT molecular complexity index is 833. The van der Waals surface area contributed by atoms with Crippen molar-refractivity contribution in [1.82, 2.24) is 9.88 Å². The van der Waals surface area contributed by atoms with Crippen molar-refractivity contribution in [3.8, 4) is 0 Å². The van der Waals surface area contributed by atoms with Gasteiger partial charge in [0, 0.05) is 12.7 Å². The van der Waals surface area contributed by atoms with Gasteiger partial charge in [0.2, 0.25) is 0 Å². The normalized spacial score (nSPS) is 17.7. The molecule has 0 bridgehead atoms. The molecule has 4 nitrogen and oxygen atoms in total. The third kappa shape index (κ3) is 3.60. The van der Waals surface area contributed by atoms with Crippen LogP contribution in [0.2, 0.25) is 0 Å². The van der Waals surface area contributed by atoms with Crippen molar-refractivity contribution in [1.29, 1.82) is 0 Å².